The molecule has 230 valence electrons. The number of benzene rings is 1. The van der Waals surface area contributed by atoms with E-state index < -0.39 is 10.8 Å². The summed E-state index contributed by atoms with van der Waals surface area (Å²) in [4.78, 5) is 36.8. The van der Waals surface area contributed by atoms with Gasteiger partial charge in [-0.15, -0.1) is 0 Å². The Balaban J connectivity index is 1.30. The molecule has 1 heterocycles. The number of allylic oxidation sites excluding steroid dienone is 4. The van der Waals surface area contributed by atoms with Crippen LogP contribution in [0.1, 0.15) is 99.2 Å². The van der Waals surface area contributed by atoms with Crippen LogP contribution in [-0.4, -0.2) is 26.7 Å². The van der Waals surface area contributed by atoms with E-state index in [1.54, 1.807) is 0 Å². The molecule has 0 saturated heterocycles. The highest BCUT2D eigenvalue weighted by Gasteiger charge is 2.69. The Morgan fingerprint density at radius 2 is 1.64 bits per heavy atom. The number of fused-ring (bicyclic) bond motifs is 7. The summed E-state index contributed by atoms with van der Waals surface area (Å²) in [6.07, 6.45) is 10.9. The van der Waals surface area contributed by atoms with Gasteiger partial charge in [-0.2, -0.15) is 5.10 Å². The third-order valence-corrected chi connectivity index (χ3v) is 14.1. The van der Waals surface area contributed by atoms with Crippen LogP contribution in [0.2, 0.25) is 0 Å². The number of rotatable bonds is 2. The van der Waals surface area contributed by atoms with Crippen molar-refractivity contribution in [1.82, 2.24) is 15.2 Å². The number of nitrogens with one attached hydrogen (secondary N) is 1. The third-order valence-electron chi connectivity index (χ3n) is 14.1. The van der Waals surface area contributed by atoms with Crippen LogP contribution in [0.5, 0.6) is 0 Å². The molecule has 0 unspecified atom stereocenters. The van der Waals surface area contributed by atoms with Crippen LogP contribution in [0.4, 0.5) is 0 Å². The van der Waals surface area contributed by atoms with Gasteiger partial charge in [-0.25, -0.2) is 9.83 Å². The van der Waals surface area contributed by atoms with E-state index in [2.05, 4.69) is 49.7 Å². The highest BCUT2D eigenvalue weighted by molar-refractivity contribution is 6.03. The molecule has 6 heteroatoms. The maximum atomic E-state index is 14.7. The van der Waals surface area contributed by atoms with Gasteiger partial charge in [0.2, 0.25) is 5.70 Å². The molecule has 8 atom stereocenters. The Bertz CT molecular complexity index is 1680. The molecule has 3 saturated carbocycles. The monoisotopic (exact) mass is 590 g/mol. The minimum Gasteiger partial charge on any atom is -0.307 e. The molecule has 1 N–H and O–H groups in total. The summed E-state index contributed by atoms with van der Waals surface area (Å²) in [7, 11) is 0. The molecule has 44 heavy (non-hydrogen) atoms. The first kappa shape index (κ1) is 29.4. The van der Waals surface area contributed by atoms with Crippen molar-refractivity contribution >= 4 is 11.6 Å². The summed E-state index contributed by atoms with van der Waals surface area (Å²) in [5.74, 6) is 2.07. The predicted octanol–water partition coefficient (Wildman–Crippen LogP) is 8.30. The Morgan fingerprint density at radius 1 is 0.932 bits per heavy atom. The molecule has 0 amide bonds. The lowest BCUT2D eigenvalue weighted by atomic mass is 9.34. The summed E-state index contributed by atoms with van der Waals surface area (Å²) in [5.41, 5.74) is 0.764. The molecule has 0 aliphatic heterocycles. The van der Waals surface area contributed by atoms with Crippen molar-refractivity contribution < 1.29 is 9.59 Å². The van der Waals surface area contributed by atoms with E-state index in [0.717, 1.165) is 67.7 Å². The van der Waals surface area contributed by atoms with Crippen LogP contribution in [0.25, 0.3) is 16.2 Å². The topological polar surface area (TPSA) is 80.1 Å². The van der Waals surface area contributed by atoms with E-state index in [4.69, 9.17) is 11.6 Å². The normalized spacial score (nSPS) is 42.5. The van der Waals surface area contributed by atoms with E-state index in [0.29, 0.717) is 0 Å². The maximum absolute atomic E-state index is 14.7. The average Bonchev–Trinajstić information content (AvgIpc) is 3.49. The van der Waals surface area contributed by atoms with Crippen LogP contribution >= 0.6 is 0 Å². The predicted molar refractivity (Wildman–Crippen MR) is 171 cm³/mol. The fourth-order valence-corrected chi connectivity index (χ4v) is 11.1. The molecular formula is C38H46N4O2. The molecule has 3 fully saturated rings. The molecule has 0 bridgehead atoms. The number of Topliss-reactive ketones (excluding diaryl/α,β-unsaturated/α-hetero) is 1. The van der Waals surface area contributed by atoms with Crippen molar-refractivity contribution in [3.63, 3.8) is 0 Å². The average molecular weight is 591 g/mol. The molecule has 0 radical (unpaired) electrons. The molecular weight excluding hydrogens is 544 g/mol. The highest BCUT2D eigenvalue weighted by atomic mass is 16.1. The van der Waals surface area contributed by atoms with E-state index in [1.165, 1.54) is 0 Å². The lowest BCUT2D eigenvalue weighted by Crippen LogP contribution is -2.64. The van der Waals surface area contributed by atoms with Gasteiger partial charge in [0, 0.05) is 27.7 Å². The van der Waals surface area contributed by atoms with Crippen LogP contribution in [0.3, 0.4) is 0 Å². The number of carbonyl (C=O) groups is 2. The zero-order valence-electron chi connectivity index (χ0n) is 27.4. The van der Waals surface area contributed by atoms with Gasteiger partial charge in [0.05, 0.1) is 6.57 Å². The minimum atomic E-state index is -0.641. The first-order valence-electron chi connectivity index (χ1n) is 16.5. The Kier molecular flexibility index (Phi) is 6.09. The Morgan fingerprint density at radius 3 is 2.34 bits per heavy atom. The van der Waals surface area contributed by atoms with Crippen LogP contribution in [0.15, 0.2) is 53.8 Å². The summed E-state index contributed by atoms with van der Waals surface area (Å²) in [6.45, 7) is 23.6. The van der Waals surface area contributed by atoms with Gasteiger partial charge in [0.15, 0.2) is 17.4 Å². The highest BCUT2D eigenvalue weighted by Crippen LogP contribution is 2.74. The molecule has 7 rings (SSSR count). The summed E-state index contributed by atoms with van der Waals surface area (Å²) in [5, 5.41) is 7.93. The third kappa shape index (κ3) is 3.65. The van der Waals surface area contributed by atoms with Crippen LogP contribution in [-0.2, 0) is 15.0 Å². The fourth-order valence-electron chi connectivity index (χ4n) is 11.1. The standard InChI is InChI=1S/C38H46N4O2/c1-33(2)27-14-15-37(6)28(36(27,5)22-25(39-8)30(33)44)20-26(43)29-24-21-35(4,17-16-34(24,3)18-19-38(29,37)7)32-40-31(41-42-32)23-12-10-9-11-13-23/h9-13,20,22,24,27,29H,14-19,21H2,1-7H3,(H,40,41,42)/t24-,27-,29-,34+,35-,36-,37+,38+/m0/s1. The molecule has 5 aliphatic carbocycles. The van der Waals surface area contributed by atoms with Crippen molar-refractivity contribution in [1.29, 1.82) is 0 Å². The van der Waals surface area contributed by atoms with E-state index in [9.17, 15) is 9.59 Å². The summed E-state index contributed by atoms with van der Waals surface area (Å²) < 4.78 is 0. The largest absolute Gasteiger partial charge is 0.307 e. The second kappa shape index (κ2) is 9.12. The first-order chi connectivity index (χ1) is 20.6. The molecule has 5 aliphatic rings. The SMILES string of the molecule is [C-]#[N+]C1=C[C@]2(C)C3=CC(=O)[C@@H]4[C@@H]5C[C@@](C)(c6nc(-c7ccccc7)n[nH]6)CC[C@]5(C)CC[C@@]4(C)[C@]3(C)CC[C@H]2C(C)(C)C1=O. The van der Waals surface area contributed by atoms with E-state index in [1.807, 2.05) is 56.3 Å². The number of nitrogens with zero attached hydrogens (tertiary/aromatic N) is 3. The van der Waals surface area contributed by atoms with Crippen LogP contribution < -0.4 is 0 Å². The molecule has 0 spiro atoms. The van der Waals surface area contributed by atoms with Gasteiger partial charge >= 0.3 is 0 Å². The van der Waals surface area contributed by atoms with Crippen molar-refractivity contribution in [2.75, 3.05) is 0 Å². The lowest BCUT2D eigenvalue weighted by molar-refractivity contribution is -0.166. The minimum absolute atomic E-state index is 0.0526. The van der Waals surface area contributed by atoms with Gasteiger partial charge < -0.3 is 4.79 Å². The van der Waals surface area contributed by atoms with Crippen molar-refractivity contribution in [2.24, 2.45) is 44.8 Å². The van der Waals surface area contributed by atoms with E-state index in [-0.39, 0.29) is 56.7 Å². The lowest BCUT2D eigenvalue weighted by Gasteiger charge is -2.69. The smallest absolute Gasteiger partial charge is 0.226 e. The van der Waals surface area contributed by atoms with Gasteiger partial charge in [0.1, 0.15) is 5.82 Å². The Labute approximate surface area is 262 Å². The molecule has 1 aromatic heterocycles. The number of carbonyl (C=O) groups excluding carboxylic acids is 2. The van der Waals surface area contributed by atoms with Crippen molar-refractivity contribution in [2.45, 2.75) is 98.8 Å². The number of H-pyrrole nitrogens is 1. The quantitative estimate of drug-likeness (QED) is 0.357. The fraction of sp³-hybridized carbons (Fsp3) is 0.605. The summed E-state index contributed by atoms with van der Waals surface area (Å²) >= 11 is 0. The number of ketones is 2. The van der Waals surface area contributed by atoms with Gasteiger partial charge in [0.25, 0.3) is 0 Å². The summed E-state index contributed by atoms with van der Waals surface area (Å²) in [6, 6.07) is 10.1. The van der Waals surface area contributed by atoms with Crippen molar-refractivity contribution in [3.8, 4) is 11.4 Å². The van der Waals surface area contributed by atoms with Crippen molar-refractivity contribution in [3.05, 3.63) is 71.0 Å². The van der Waals surface area contributed by atoms with Crippen LogP contribution in [0, 0.1) is 51.4 Å². The molecule has 6 nitrogen and oxygen atoms in total. The Hall–Kier alpha value is -3.33. The van der Waals surface area contributed by atoms with Gasteiger partial charge in [-0.3, -0.25) is 9.89 Å². The number of aromatic amines is 1. The van der Waals surface area contributed by atoms with Gasteiger partial charge in [-0.05, 0) is 79.1 Å². The van der Waals surface area contributed by atoms with E-state index >= 15 is 0 Å². The second-order valence-corrected chi connectivity index (χ2v) is 16.7. The van der Waals surface area contributed by atoms with Gasteiger partial charge in [-0.1, -0.05) is 90.4 Å². The number of hydrogen-bond donors (Lipinski definition) is 1. The number of hydrogen-bond acceptors (Lipinski definition) is 4. The second-order valence-electron chi connectivity index (χ2n) is 16.7. The molecule has 2 aromatic rings. The zero-order chi connectivity index (χ0) is 31.5. The first-order valence-corrected chi connectivity index (χ1v) is 16.5. The number of aromatic nitrogens is 3. The maximum Gasteiger partial charge on any atom is 0.226 e. The molecule has 1 aromatic carbocycles. The zero-order valence-corrected chi connectivity index (χ0v) is 27.4.